The molecule has 3 aliphatic heterocycles. The van der Waals surface area contributed by atoms with E-state index >= 15 is 0 Å². The number of hydrogen-bond donors (Lipinski definition) is 1. The van der Waals surface area contributed by atoms with E-state index in [-0.39, 0.29) is 29.6 Å². The number of carbonyl (C=O) groups is 3. The molecule has 2 aromatic rings. The molecule has 7 nitrogen and oxygen atoms in total. The van der Waals surface area contributed by atoms with Gasteiger partial charge in [0.15, 0.2) is 0 Å². The number of para-hydroxylation sites is 1. The Bertz CT molecular complexity index is 1300. The van der Waals surface area contributed by atoms with Gasteiger partial charge in [0.1, 0.15) is 6.04 Å². The van der Waals surface area contributed by atoms with Gasteiger partial charge in [-0.05, 0) is 43.4 Å². The Balaban J connectivity index is 1.49. The Morgan fingerprint density at radius 2 is 1.63 bits per heavy atom. The first kappa shape index (κ1) is 31.1. The van der Waals surface area contributed by atoms with Crippen molar-refractivity contribution >= 4 is 35.2 Å². The predicted molar refractivity (Wildman–Crippen MR) is 172 cm³/mol. The third-order valence-electron chi connectivity index (χ3n) is 9.15. The maximum atomic E-state index is 14.6. The van der Waals surface area contributed by atoms with Gasteiger partial charge in [-0.15, -0.1) is 24.9 Å². The zero-order valence-electron chi connectivity index (χ0n) is 24.9. The number of nitrogens with zero attached hydrogens (tertiary/aromatic N) is 3. The van der Waals surface area contributed by atoms with Crippen molar-refractivity contribution in [3.05, 3.63) is 91.5 Å². The second-order valence-corrected chi connectivity index (χ2v) is 13.4. The first-order chi connectivity index (χ1) is 21.0. The van der Waals surface area contributed by atoms with Crippen molar-refractivity contribution in [1.82, 2.24) is 9.80 Å². The number of unbranched alkanes of at least 4 members (excludes halogenated alkanes) is 3. The van der Waals surface area contributed by atoms with Gasteiger partial charge in [-0.25, -0.2) is 0 Å². The number of aliphatic hydroxyl groups is 1. The number of benzene rings is 2. The lowest BCUT2D eigenvalue weighted by molar-refractivity contribution is -0.143. The van der Waals surface area contributed by atoms with Gasteiger partial charge in [-0.2, -0.15) is 0 Å². The van der Waals surface area contributed by atoms with Crippen LogP contribution in [0.1, 0.15) is 44.1 Å². The van der Waals surface area contributed by atoms with Crippen LogP contribution in [-0.4, -0.2) is 74.9 Å². The summed E-state index contributed by atoms with van der Waals surface area (Å²) < 4.78 is -0.642. The molecule has 1 N–H and O–H groups in total. The number of carbonyl (C=O) groups excluding carboxylic acids is 3. The summed E-state index contributed by atoms with van der Waals surface area (Å²) in [6.45, 7) is 9.58. The molecule has 2 aromatic carbocycles. The quantitative estimate of drug-likeness (QED) is 0.228. The number of hydrogen-bond acceptors (Lipinski definition) is 5. The number of thioether (sulfide) groups is 1. The monoisotopic (exact) mass is 601 g/mol. The molecular weight excluding hydrogens is 558 g/mol. The minimum Gasteiger partial charge on any atom is -0.396 e. The van der Waals surface area contributed by atoms with Crippen LogP contribution in [0.4, 0.5) is 5.69 Å². The van der Waals surface area contributed by atoms with Crippen LogP contribution in [0.15, 0.2) is 86.0 Å². The SMILES string of the molecule is C=CCN(Cc1ccccc1)C(=O)C1N(CCCCCCO)C(=O)[C@@H]2[C@@H](C(=O)N(CC=C)c3ccccc3)[C@H]3CCC12S3. The molecule has 3 fully saturated rings. The first-order valence-electron chi connectivity index (χ1n) is 15.5. The van der Waals surface area contributed by atoms with Gasteiger partial charge in [0.25, 0.3) is 0 Å². The molecule has 228 valence electrons. The topological polar surface area (TPSA) is 81.2 Å². The fraction of sp³-hybridized carbons (Fsp3) is 0.457. The van der Waals surface area contributed by atoms with Gasteiger partial charge in [0, 0.05) is 43.7 Å². The molecule has 5 rings (SSSR count). The smallest absolute Gasteiger partial charge is 0.247 e. The first-order valence-corrected chi connectivity index (χ1v) is 16.3. The average Bonchev–Trinajstić information content (AvgIpc) is 3.67. The largest absolute Gasteiger partial charge is 0.396 e. The van der Waals surface area contributed by atoms with E-state index in [1.165, 1.54) is 0 Å². The van der Waals surface area contributed by atoms with E-state index < -0.39 is 22.6 Å². The summed E-state index contributed by atoms with van der Waals surface area (Å²) in [7, 11) is 0. The van der Waals surface area contributed by atoms with Gasteiger partial charge in [0.05, 0.1) is 16.6 Å². The van der Waals surface area contributed by atoms with E-state index in [0.717, 1.165) is 49.8 Å². The fourth-order valence-corrected chi connectivity index (χ4v) is 9.51. The van der Waals surface area contributed by atoms with Gasteiger partial charge < -0.3 is 19.8 Å². The lowest BCUT2D eigenvalue weighted by Gasteiger charge is -2.37. The fourth-order valence-electron chi connectivity index (χ4n) is 7.31. The molecule has 1 spiro atoms. The lowest BCUT2D eigenvalue weighted by Crippen LogP contribution is -2.55. The van der Waals surface area contributed by atoms with Crippen LogP contribution in [0, 0.1) is 11.8 Å². The summed E-state index contributed by atoms with van der Waals surface area (Å²) in [5.74, 6) is -1.25. The zero-order chi connectivity index (χ0) is 30.4. The standard InChI is InChI=1S/C35H43N3O4S/c1-3-21-36(25-26-15-9-7-10-16-26)34(42)31-35-20-19-28(43-35)29(30(35)33(41)38(31)23-13-5-6-14-24-39)32(40)37(22-4-2)27-17-11-8-12-18-27/h3-4,7-12,15-18,28-31,39H,1-2,5-6,13-14,19-25H2/t28-,29+,30+,31?,35?/m1/s1. The number of anilines is 1. The van der Waals surface area contributed by atoms with E-state index in [1.807, 2.05) is 70.5 Å². The van der Waals surface area contributed by atoms with Crippen molar-refractivity contribution in [3.8, 4) is 0 Å². The molecule has 3 amide bonds. The van der Waals surface area contributed by atoms with Crippen LogP contribution in [0.2, 0.25) is 0 Å². The molecule has 0 radical (unpaired) electrons. The van der Waals surface area contributed by atoms with E-state index in [0.29, 0.717) is 26.2 Å². The van der Waals surface area contributed by atoms with Crippen LogP contribution >= 0.6 is 11.8 Å². The Morgan fingerprint density at radius 3 is 2.30 bits per heavy atom. The average molecular weight is 602 g/mol. The highest BCUT2D eigenvalue weighted by Crippen LogP contribution is 2.66. The number of rotatable bonds is 15. The third kappa shape index (κ3) is 6.04. The Labute approximate surface area is 259 Å². The highest BCUT2D eigenvalue weighted by molar-refractivity contribution is 8.02. The van der Waals surface area contributed by atoms with Crippen molar-refractivity contribution in [3.63, 3.8) is 0 Å². The summed E-state index contributed by atoms with van der Waals surface area (Å²) in [6.07, 6.45) is 8.20. The second-order valence-electron chi connectivity index (χ2n) is 11.8. The van der Waals surface area contributed by atoms with E-state index in [4.69, 9.17) is 0 Å². The van der Waals surface area contributed by atoms with Crippen molar-refractivity contribution in [2.24, 2.45) is 11.8 Å². The zero-order valence-corrected chi connectivity index (χ0v) is 25.7. The highest BCUT2D eigenvalue weighted by atomic mass is 32.2. The summed E-state index contributed by atoms with van der Waals surface area (Å²) in [6, 6.07) is 18.8. The lowest BCUT2D eigenvalue weighted by atomic mass is 9.70. The third-order valence-corrected chi connectivity index (χ3v) is 11.1. The molecule has 43 heavy (non-hydrogen) atoms. The van der Waals surface area contributed by atoms with Crippen molar-refractivity contribution in [1.29, 1.82) is 0 Å². The number of amides is 3. The minimum absolute atomic E-state index is 0.0125. The molecule has 0 aromatic heterocycles. The normalized spacial score (nSPS) is 25.4. The summed E-state index contributed by atoms with van der Waals surface area (Å²) >= 11 is 1.71. The molecule has 3 aliphatic rings. The number of aliphatic hydroxyl groups excluding tert-OH is 1. The van der Waals surface area contributed by atoms with Crippen LogP contribution in [0.25, 0.3) is 0 Å². The predicted octanol–water partition coefficient (Wildman–Crippen LogP) is 5.06. The number of likely N-dealkylation sites (tertiary alicyclic amines) is 1. The number of fused-ring (bicyclic) bond motifs is 1. The molecule has 0 aliphatic carbocycles. The van der Waals surface area contributed by atoms with Crippen LogP contribution in [-0.2, 0) is 20.9 Å². The van der Waals surface area contributed by atoms with Gasteiger partial charge in [0.2, 0.25) is 17.7 Å². The van der Waals surface area contributed by atoms with E-state index in [9.17, 15) is 19.5 Å². The molecule has 2 unspecified atom stereocenters. The van der Waals surface area contributed by atoms with Gasteiger partial charge in [-0.3, -0.25) is 14.4 Å². The maximum absolute atomic E-state index is 14.6. The highest BCUT2D eigenvalue weighted by Gasteiger charge is 2.74. The molecule has 2 bridgehead atoms. The van der Waals surface area contributed by atoms with Crippen LogP contribution in [0.5, 0.6) is 0 Å². The minimum atomic E-state index is -0.642. The van der Waals surface area contributed by atoms with Crippen LogP contribution in [0.3, 0.4) is 0 Å². The molecule has 5 atom stereocenters. The van der Waals surface area contributed by atoms with Crippen molar-refractivity contribution in [2.45, 2.75) is 61.1 Å². The summed E-state index contributed by atoms with van der Waals surface area (Å²) in [5.41, 5.74) is 1.80. The molecule has 3 heterocycles. The Morgan fingerprint density at radius 1 is 0.953 bits per heavy atom. The van der Waals surface area contributed by atoms with Crippen molar-refractivity contribution < 1.29 is 19.5 Å². The summed E-state index contributed by atoms with van der Waals surface area (Å²) in [4.78, 5) is 48.8. The van der Waals surface area contributed by atoms with E-state index in [1.54, 1.807) is 28.8 Å². The Kier molecular flexibility index (Phi) is 10.1. The van der Waals surface area contributed by atoms with Crippen LogP contribution < -0.4 is 4.90 Å². The molecule has 0 saturated carbocycles. The van der Waals surface area contributed by atoms with Crippen molar-refractivity contribution in [2.75, 3.05) is 31.1 Å². The molecule has 8 heteroatoms. The molecule has 3 saturated heterocycles. The summed E-state index contributed by atoms with van der Waals surface area (Å²) in [5, 5.41) is 9.21. The Hall–Kier alpha value is -3.36. The second kappa shape index (κ2) is 14.0. The van der Waals surface area contributed by atoms with E-state index in [2.05, 4.69) is 13.2 Å². The van der Waals surface area contributed by atoms with Gasteiger partial charge in [-0.1, -0.05) is 73.5 Å². The van der Waals surface area contributed by atoms with Gasteiger partial charge >= 0.3 is 0 Å². The maximum Gasteiger partial charge on any atom is 0.247 e. The molecular formula is C35H43N3O4S.